The number of aryl methyl sites for hydroxylation is 1. The van der Waals surface area contributed by atoms with Gasteiger partial charge < -0.3 is 4.74 Å². The van der Waals surface area contributed by atoms with Crippen LogP contribution in [0.2, 0.25) is 5.02 Å². The van der Waals surface area contributed by atoms with Gasteiger partial charge >= 0.3 is 0 Å². The smallest absolute Gasteiger partial charge is 0.150 e. The van der Waals surface area contributed by atoms with Crippen LogP contribution < -0.4 is 4.74 Å². The number of fused-ring (bicyclic) bond motifs is 1. The van der Waals surface area contributed by atoms with Gasteiger partial charge in [-0.05, 0) is 99.0 Å². The van der Waals surface area contributed by atoms with Crippen LogP contribution in [0.4, 0.5) is 0 Å². The Balaban J connectivity index is 0.00000324. The Morgan fingerprint density at radius 1 is 1.09 bits per heavy atom. The molecular weight excluding hydrogens is 489 g/mol. The summed E-state index contributed by atoms with van der Waals surface area (Å²) >= 11 is 6.30. The Morgan fingerprint density at radius 2 is 1.88 bits per heavy atom. The molecule has 1 heterocycles. The van der Waals surface area contributed by atoms with E-state index in [2.05, 4.69) is 29.2 Å². The average Bonchev–Trinajstić information content (AvgIpc) is 3.32. The summed E-state index contributed by atoms with van der Waals surface area (Å²) in [5, 5.41) is 0.788. The minimum atomic E-state index is -2.96. The zero-order valence-electron chi connectivity index (χ0n) is 20.0. The van der Waals surface area contributed by atoms with Gasteiger partial charge in [0.25, 0.3) is 0 Å². The third-order valence-corrected chi connectivity index (χ3v) is 9.20. The van der Waals surface area contributed by atoms with E-state index in [1.54, 1.807) is 0 Å². The highest BCUT2D eigenvalue weighted by Gasteiger charge is 2.35. The first-order valence-electron chi connectivity index (χ1n) is 12.4. The van der Waals surface area contributed by atoms with E-state index in [1.165, 1.54) is 49.0 Å². The van der Waals surface area contributed by atoms with Crippen LogP contribution in [0, 0.1) is 0 Å². The van der Waals surface area contributed by atoms with E-state index >= 15 is 0 Å². The zero-order chi connectivity index (χ0) is 23.3. The van der Waals surface area contributed by atoms with Gasteiger partial charge in [0, 0.05) is 22.7 Å². The van der Waals surface area contributed by atoms with Crippen molar-refractivity contribution >= 4 is 33.8 Å². The molecule has 2 unspecified atom stereocenters. The molecule has 7 heteroatoms. The first-order chi connectivity index (χ1) is 15.9. The van der Waals surface area contributed by atoms with Crippen molar-refractivity contribution in [2.75, 3.05) is 31.2 Å². The van der Waals surface area contributed by atoms with E-state index in [0.717, 1.165) is 23.6 Å². The Morgan fingerprint density at radius 3 is 2.62 bits per heavy atom. The summed E-state index contributed by atoms with van der Waals surface area (Å²) in [5.74, 6) is 1.70. The number of hydrogen-bond acceptors (Lipinski definition) is 4. The van der Waals surface area contributed by atoms with Gasteiger partial charge in [0.1, 0.15) is 15.6 Å². The van der Waals surface area contributed by atoms with Crippen molar-refractivity contribution in [1.29, 1.82) is 0 Å². The number of nitrogens with zero attached hydrogens (tertiary/aromatic N) is 1. The van der Waals surface area contributed by atoms with Gasteiger partial charge in [-0.1, -0.05) is 36.7 Å². The second kappa shape index (κ2) is 12.6. The molecule has 0 amide bonds. The third-order valence-electron chi connectivity index (χ3n) is 7.03. The van der Waals surface area contributed by atoms with E-state index in [-0.39, 0.29) is 23.9 Å². The summed E-state index contributed by atoms with van der Waals surface area (Å²) in [4.78, 5) is 2.68. The van der Waals surface area contributed by atoms with E-state index in [4.69, 9.17) is 16.3 Å². The van der Waals surface area contributed by atoms with Gasteiger partial charge in [-0.2, -0.15) is 0 Å². The molecule has 2 aromatic rings. The predicted molar refractivity (Wildman–Crippen MR) is 144 cm³/mol. The maximum atomic E-state index is 12.0. The van der Waals surface area contributed by atoms with Crippen LogP contribution >= 0.6 is 24.0 Å². The molecule has 188 valence electrons. The van der Waals surface area contributed by atoms with Gasteiger partial charge in [0.2, 0.25) is 0 Å². The first-order valence-corrected chi connectivity index (χ1v) is 14.6. The summed E-state index contributed by atoms with van der Waals surface area (Å²) in [6.45, 7) is 4.70. The molecule has 4 rings (SSSR count). The number of halogens is 2. The monoisotopic (exact) mass is 525 g/mol. The van der Waals surface area contributed by atoms with Gasteiger partial charge in [-0.15, -0.1) is 12.4 Å². The van der Waals surface area contributed by atoms with Gasteiger partial charge in [-0.3, -0.25) is 4.90 Å². The molecule has 2 aromatic carbocycles. The van der Waals surface area contributed by atoms with Crippen LogP contribution in [0.3, 0.4) is 0 Å². The lowest BCUT2D eigenvalue weighted by Gasteiger charge is -2.39. The van der Waals surface area contributed by atoms with Crippen molar-refractivity contribution in [3.05, 3.63) is 64.2 Å². The fourth-order valence-corrected chi connectivity index (χ4v) is 7.10. The van der Waals surface area contributed by atoms with E-state index in [0.29, 0.717) is 31.4 Å². The normalized spacial score (nSPS) is 20.5. The molecule has 2 aliphatic rings. The largest absolute Gasteiger partial charge is 0.494 e. The summed E-state index contributed by atoms with van der Waals surface area (Å²) in [6, 6.07) is 15.3. The molecule has 4 nitrogen and oxygen atoms in total. The molecule has 0 radical (unpaired) electrons. The van der Waals surface area contributed by atoms with Gasteiger partial charge in [0.05, 0.1) is 12.4 Å². The Bertz CT molecular complexity index is 1040. The maximum absolute atomic E-state index is 12.0. The average molecular weight is 527 g/mol. The van der Waals surface area contributed by atoms with E-state index in [1.807, 2.05) is 25.1 Å². The molecule has 2 atom stereocenters. The zero-order valence-corrected chi connectivity index (χ0v) is 22.4. The SMILES string of the molecule is CCCS(=O)(=O)CCCOc1ccc2c(c1)C(Cc1cccc(Cl)c1)C(N1CCCC1)CC2.Cl. The van der Waals surface area contributed by atoms with Crippen LogP contribution in [-0.2, 0) is 22.7 Å². The quantitative estimate of drug-likeness (QED) is 0.352. The molecule has 0 spiro atoms. The topological polar surface area (TPSA) is 46.6 Å². The lowest BCUT2D eigenvalue weighted by Crippen LogP contribution is -2.41. The number of benzene rings is 2. The second-order valence-electron chi connectivity index (χ2n) is 9.50. The molecule has 0 saturated carbocycles. The summed E-state index contributed by atoms with van der Waals surface area (Å²) in [6.07, 6.45) is 7.02. The summed E-state index contributed by atoms with van der Waals surface area (Å²) < 4.78 is 30.0. The minimum Gasteiger partial charge on any atom is -0.494 e. The van der Waals surface area contributed by atoms with E-state index in [9.17, 15) is 8.42 Å². The lowest BCUT2D eigenvalue weighted by atomic mass is 9.75. The number of likely N-dealkylation sites (tertiary alicyclic amines) is 1. The van der Waals surface area contributed by atoms with Crippen LogP contribution in [-0.4, -0.2) is 50.6 Å². The number of sulfone groups is 1. The van der Waals surface area contributed by atoms with Crippen LogP contribution in [0.25, 0.3) is 0 Å². The van der Waals surface area contributed by atoms with Crippen LogP contribution in [0.5, 0.6) is 5.75 Å². The minimum absolute atomic E-state index is 0. The Hall–Kier alpha value is -1.27. The summed E-state index contributed by atoms with van der Waals surface area (Å²) in [5.41, 5.74) is 4.07. The molecule has 1 aliphatic carbocycles. The van der Waals surface area contributed by atoms with Gasteiger partial charge in [0.15, 0.2) is 0 Å². The van der Waals surface area contributed by atoms with Crippen molar-refractivity contribution in [3.63, 3.8) is 0 Å². The van der Waals surface area contributed by atoms with Crippen molar-refractivity contribution in [1.82, 2.24) is 4.90 Å². The maximum Gasteiger partial charge on any atom is 0.150 e. The van der Waals surface area contributed by atoms with Crippen molar-refractivity contribution < 1.29 is 13.2 Å². The number of ether oxygens (including phenoxy) is 1. The highest BCUT2D eigenvalue weighted by atomic mass is 35.5. The standard InChI is InChI=1S/C27H36ClNO3S.ClH/c1-2-16-33(30,31)17-6-15-32-24-11-9-22-10-12-27(29-13-3-4-14-29)26(25(22)20-24)19-21-7-5-8-23(28)18-21;/h5,7-9,11,18,20,26-27H,2-4,6,10,12-17,19H2,1H3;1H. The van der Waals surface area contributed by atoms with Crippen LogP contribution in [0.1, 0.15) is 61.6 Å². The Kier molecular flexibility index (Phi) is 10.1. The highest BCUT2D eigenvalue weighted by molar-refractivity contribution is 7.91. The van der Waals surface area contributed by atoms with E-state index < -0.39 is 9.84 Å². The predicted octanol–water partition coefficient (Wildman–Crippen LogP) is 6.09. The molecule has 0 aromatic heterocycles. The van der Waals surface area contributed by atoms with Crippen molar-refractivity contribution in [2.24, 2.45) is 0 Å². The number of rotatable bonds is 10. The number of hydrogen-bond donors (Lipinski definition) is 0. The highest BCUT2D eigenvalue weighted by Crippen LogP contribution is 2.40. The molecule has 0 bridgehead atoms. The molecule has 1 fully saturated rings. The van der Waals surface area contributed by atoms with Crippen LogP contribution in [0.15, 0.2) is 42.5 Å². The lowest BCUT2D eigenvalue weighted by molar-refractivity contribution is 0.188. The van der Waals surface area contributed by atoms with Gasteiger partial charge in [-0.25, -0.2) is 8.42 Å². The molecule has 34 heavy (non-hydrogen) atoms. The molecule has 0 N–H and O–H groups in total. The fourth-order valence-electron chi connectivity index (χ4n) is 5.50. The summed E-state index contributed by atoms with van der Waals surface area (Å²) in [7, 11) is -2.96. The van der Waals surface area contributed by atoms with Crippen molar-refractivity contribution in [2.45, 2.75) is 63.8 Å². The first kappa shape index (κ1) is 27.3. The molecule has 1 saturated heterocycles. The third kappa shape index (κ3) is 7.13. The molecule has 1 aliphatic heterocycles. The molecular formula is C27H37Cl2NO3S. The Labute approximate surface area is 216 Å². The van der Waals surface area contributed by atoms with Crippen molar-refractivity contribution in [3.8, 4) is 5.75 Å². The fraction of sp³-hybridized carbons (Fsp3) is 0.556. The second-order valence-corrected chi connectivity index (χ2v) is 12.2.